The lowest BCUT2D eigenvalue weighted by Gasteiger charge is -2.23. The van der Waals surface area contributed by atoms with E-state index in [4.69, 9.17) is 5.11 Å². The molecule has 4 nitrogen and oxygen atoms in total. The summed E-state index contributed by atoms with van der Waals surface area (Å²) in [4.78, 5) is 10.3. The molecule has 0 spiro atoms. The minimum absolute atomic E-state index is 0.00152. The number of rotatable bonds is 9. The normalized spacial score (nSPS) is 13.6. The predicted octanol–water partition coefficient (Wildman–Crippen LogP) is 3.51. The summed E-state index contributed by atoms with van der Waals surface area (Å²) < 4.78 is 78.6. The van der Waals surface area contributed by atoms with E-state index in [0.29, 0.717) is 25.1 Å². The molecule has 0 aliphatic carbocycles. The molecule has 1 rings (SSSR count). The third-order valence-electron chi connectivity index (χ3n) is 2.83. The first kappa shape index (κ1) is 20.1. The van der Waals surface area contributed by atoms with Crippen molar-refractivity contribution in [1.82, 2.24) is 5.32 Å². The molecule has 136 valence electrons. The van der Waals surface area contributed by atoms with Crippen LogP contribution in [0.15, 0.2) is 24.3 Å². The van der Waals surface area contributed by atoms with Gasteiger partial charge in [-0.3, -0.25) is 4.79 Å². The smallest absolute Gasteiger partial charge is 0.439 e. The Morgan fingerprint density at radius 3 is 2.25 bits per heavy atom. The zero-order valence-electron chi connectivity index (χ0n) is 12.2. The second-order valence-electron chi connectivity index (χ2n) is 4.89. The average molecular weight is 359 g/mol. The quantitative estimate of drug-likeness (QED) is 0.523. The van der Waals surface area contributed by atoms with Crippen molar-refractivity contribution in [2.75, 3.05) is 6.54 Å². The van der Waals surface area contributed by atoms with Gasteiger partial charge in [0.25, 0.3) is 6.17 Å². The van der Waals surface area contributed by atoms with Crippen LogP contribution in [-0.2, 0) is 11.3 Å². The minimum atomic E-state index is -5.73. The number of carboxylic acids is 1. The number of hydrogen-bond acceptors (Lipinski definition) is 3. The summed E-state index contributed by atoms with van der Waals surface area (Å²) in [5, 5.41) is 11.3. The molecule has 1 aromatic carbocycles. The lowest BCUT2D eigenvalue weighted by Crippen LogP contribution is -2.45. The Bertz CT molecular complexity index is 532. The number of halogens is 6. The van der Waals surface area contributed by atoms with Crippen molar-refractivity contribution >= 4 is 5.97 Å². The van der Waals surface area contributed by atoms with Crippen molar-refractivity contribution < 1.29 is 41.0 Å². The molecule has 0 amide bonds. The van der Waals surface area contributed by atoms with E-state index in [2.05, 4.69) is 10.1 Å². The molecule has 0 heterocycles. The van der Waals surface area contributed by atoms with Crippen LogP contribution in [0.5, 0.6) is 5.75 Å². The molecule has 1 atom stereocenters. The predicted molar refractivity (Wildman–Crippen MR) is 71.5 cm³/mol. The van der Waals surface area contributed by atoms with E-state index < -0.39 is 30.2 Å². The fourth-order valence-electron chi connectivity index (χ4n) is 1.67. The molecule has 1 unspecified atom stereocenters. The standard InChI is InChI=1S/C14H15F6NO3/c15-12(13(16,17)18)14(19,20)24-10-5-3-9(4-6-10)8-21-7-1-2-11(22)23/h3-6,12,21H,1-2,7-8H2,(H,22,23). The van der Waals surface area contributed by atoms with Crippen molar-refractivity contribution in [3.8, 4) is 5.75 Å². The highest BCUT2D eigenvalue weighted by Gasteiger charge is 2.59. The van der Waals surface area contributed by atoms with Gasteiger partial charge in [0.2, 0.25) is 0 Å². The van der Waals surface area contributed by atoms with E-state index in [1.807, 2.05) is 0 Å². The zero-order chi connectivity index (χ0) is 18.4. The molecule has 0 aliphatic rings. The van der Waals surface area contributed by atoms with E-state index in [9.17, 15) is 31.1 Å². The number of hydrogen-bond donors (Lipinski definition) is 2. The molecular weight excluding hydrogens is 344 g/mol. The van der Waals surface area contributed by atoms with Crippen LogP contribution in [0.1, 0.15) is 18.4 Å². The Hall–Kier alpha value is -1.97. The van der Waals surface area contributed by atoms with Gasteiger partial charge in [-0.05, 0) is 30.7 Å². The summed E-state index contributed by atoms with van der Waals surface area (Å²) in [5.41, 5.74) is 0.605. The fourth-order valence-corrected chi connectivity index (χ4v) is 1.67. The number of benzene rings is 1. The highest BCUT2D eigenvalue weighted by Crippen LogP contribution is 2.36. The van der Waals surface area contributed by atoms with Gasteiger partial charge in [0, 0.05) is 13.0 Å². The lowest BCUT2D eigenvalue weighted by atomic mass is 10.2. The topological polar surface area (TPSA) is 58.6 Å². The molecule has 10 heteroatoms. The monoisotopic (exact) mass is 359 g/mol. The summed E-state index contributed by atoms with van der Waals surface area (Å²) in [7, 11) is 0. The maximum absolute atomic E-state index is 13.1. The minimum Gasteiger partial charge on any atom is -0.481 e. The maximum atomic E-state index is 13.1. The second kappa shape index (κ2) is 8.22. The molecule has 0 fully saturated rings. The zero-order valence-corrected chi connectivity index (χ0v) is 12.2. The fraction of sp³-hybridized carbons (Fsp3) is 0.500. The van der Waals surface area contributed by atoms with Crippen LogP contribution in [-0.4, -0.2) is 36.1 Å². The number of nitrogens with one attached hydrogen (secondary N) is 1. The summed E-state index contributed by atoms with van der Waals surface area (Å²) in [5.74, 6) is -1.54. The van der Waals surface area contributed by atoms with Gasteiger partial charge in [-0.2, -0.15) is 22.0 Å². The SMILES string of the molecule is O=C(O)CCCNCc1ccc(OC(F)(F)C(F)C(F)(F)F)cc1. The average Bonchev–Trinajstić information content (AvgIpc) is 2.46. The first-order chi connectivity index (χ1) is 11.0. The summed E-state index contributed by atoms with van der Waals surface area (Å²) >= 11 is 0. The third-order valence-corrected chi connectivity index (χ3v) is 2.83. The molecule has 0 saturated heterocycles. The molecule has 2 N–H and O–H groups in total. The highest BCUT2D eigenvalue weighted by molar-refractivity contribution is 5.66. The van der Waals surface area contributed by atoms with Gasteiger partial charge in [0.1, 0.15) is 5.75 Å². The van der Waals surface area contributed by atoms with Crippen LogP contribution in [0.25, 0.3) is 0 Å². The van der Waals surface area contributed by atoms with Crippen LogP contribution < -0.4 is 10.1 Å². The molecule has 0 radical (unpaired) electrons. The second-order valence-corrected chi connectivity index (χ2v) is 4.89. The van der Waals surface area contributed by atoms with E-state index in [-0.39, 0.29) is 6.42 Å². The number of alkyl halides is 6. The van der Waals surface area contributed by atoms with Crippen LogP contribution in [0.2, 0.25) is 0 Å². The van der Waals surface area contributed by atoms with Crippen molar-refractivity contribution in [3.63, 3.8) is 0 Å². The van der Waals surface area contributed by atoms with Gasteiger partial charge in [-0.15, -0.1) is 0 Å². The van der Waals surface area contributed by atoms with Gasteiger partial charge >= 0.3 is 18.3 Å². The number of carboxylic acid groups (broad SMARTS) is 1. The number of carbonyl (C=O) groups is 1. The molecule has 1 aromatic rings. The molecule has 0 bridgehead atoms. The van der Waals surface area contributed by atoms with Crippen molar-refractivity contribution in [2.45, 2.75) is 37.8 Å². The maximum Gasteiger partial charge on any atom is 0.439 e. The van der Waals surface area contributed by atoms with Gasteiger partial charge in [0.05, 0.1) is 0 Å². The van der Waals surface area contributed by atoms with Gasteiger partial charge in [-0.25, -0.2) is 4.39 Å². The van der Waals surface area contributed by atoms with Crippen molar-refractivity contribution in [3.05, 3.63) is 29.8 Å². The summed E-state index contributed by atoms with van der Waals surface area (Å²) in [6.45, 7) is 0.711. The van der Waals surface area contributed by atoms with Crippen molar-refractivity contribution in [1.29, 1.82) is 0 Å². The summed E-state index contributed by atoms with van der Waals surface area (Å²) in [6, 6.07) is 4.61. The summed E-state index contributed by atoms with van der Waals surface area (Å²) in [6.07, 6.45) is -14.8. The van der Waals surface area contributed by atoms with Crippen LogP contribution in [0.4, 0.5) is 26.3 Å². The Kier molecular flexibility index (Phi) is 6.88. The van der Waals surface area contributed by atoms with E-state index >= 15 is 0 Å². The van der Waals surface area contributed by atoms with E-state index in [1.54, 1.807) is 0 Å². The number of ether oxygens (including phenoxy) is 1. The number of aliphatic carboxylic acids is 1. The molecular formula is C14H15F6NO3. The molecule has 24 heavy (non-hydrogen) atoms. The van der Waals surface area contributed by atoms with Crippen LogP contribution in [0, 0.1) is 0 Å². The van der Waals surface area contributed by atoms with Gasteiger partial charge in [-0.1, -0.05) is 12.1 Å². The Labute approximate surface area is 133 Å². The van der Waals surface area contributed by atoms with Gasteiger partial charge in [0.15, 0.2) is 0 Å². The first-order valence-electron chi connectivity index (χ1n) is 6.81. The Morgan fingerprint density at radius 2 is 1.75 bits per heavy atom. The molecule has 0 aromatic heterocycles. The third kappa shape index (κ3) is 6.65. The first-order valence-corrected chi connectivity index (χ1v) is 6.81. The highest BCUT2D eigenvalue weighted by atomic mass is 19.4. The van der Waals surface area contributed by atoms with E-state index in [0.717, 1.165) is 12.1 Å². The van der Waals surface area contributed by atoms with Gasteiger partial charge < -0.3 is 15.2 Å². The Morgan fingerprint density at radius 1 is 1.17 bits per heavy atom. The Balaban J connectivity index is 2.51. The van der Waals surface area contributed by atoms with E-state index in [1.165, 1.54) is 12.1 Å². The van der Waals surface area contributed by atoms with Crippen LogP contribution in [0.3, 0.4) is 0 Å². The molecule has 0 aliphatic heterocycles. The lowest BCUT2D eigenvalue weighted by molar-refractivity contribution is -0.304. The molecule has 0 saturated carbocycles. The van der Waals surface area contributed by atoms with Crippen molar-refractivity contribution in [2.24, 2.45) is 0 Å². The van der Waals surface area contributed by atoms with Crippen LogP contribution >= 0.6 is 0 Å². The largest absolute Gasteiger partial charge is 0.481 e.